The summed E-state index contributed by atoms with van der Waals surface area (Å²) in [5, 5.41) is 3.82. The Morgan fingerprint density at radius 3 is 2.33 bits per heavy atom. The number of hydrogen-bond acceptors (Lipinski definition) is 7. The molecule has 0 fully saturated rings. The summed E-state index contributed by atoms with van der Waals surface area (Å²) in [6.07, 6.45) is 2.77. The lowest BCUT2D eigenvalue weighted by atomic mass is 10.1. The number of aromatic nitrogens is 3. The molecule has 8 nitrogen and oxygen atoms in total. The number of carbonyl (C=O) groups is 1. The molecule has 0 unspecified atom stereocenters. The van der Waals surface area contributed by atoms with Gasteiger partial charge in [-0.15, -0.1) is 0 Å². The minimum Gasteiger partial charge on any atom is -0.495 e. The molecule has 0 bridgehead atoms. The average Bonchev–Trinajstić information content (AvgIpc) is 2.77. The topological polar surface area (TPSA) is 95.5 Å². The van der Waals surface area contributed by atoms with E-state index in [0.717, 1.165) is 0 Å². The van der Waals surface area contributed by atoms with E-state index < -0.39 is 0 Å². The maximum atomic E-state index is 11.4. The maximum Gasteiger partial charge on any atom is 0.243 e. The Hall–Kier alpha value is -3.10. The molecule has 0 saturated carbocycles. The van der Waals surface area contributed by atoms with Crippen LogP contribution in [0.15, 0.2) is 31.0 Å². The van der Waals surface area contributed by atoms with Crippen molar-refractivity contribution in [2.75, 3.05) is 21.3 Å². The van der Waals surface area contributed by atoms with Crippen LogP contribution in [0.2, 0.25) is 10.0 Å². The van der Waals surface area contributed by atoms with Crippen LogP contribution in [-0.4, -0.2) is 42.2 Å². The van der Waals surface area contributed by atoms with Gasteiger partial charge in [0.15, 0.2) is 0 Å². The van der Waals surface area contributed by atoms with Crippen molar-refractivity contribution < 1.29 is 19.0 Å². The molecule has 156 valence electrons. The van der Waals surface area contributed by atoms with E-state index in [1.807, 2.05) is 0 Å². The summed E-state index contributed by atoms with van der Waals surface area (Å²) in [6.45, 7) is 3.54. The Balaban J connectivity index is 2.15. The minimum atomic E-state index is -0.324. The van der Waals surface area contributed by atoms with Gasteiger partial charge in [0, 0.05) is 23.2 Å². The summed E-state index contributed by atoms with van der Waals surface area (Å²) < 4.78 is 16.1. The van der Waals surface area contributed by atoms with Gasteiger partial charge in [-0.1, -0.05) is 29.8 Å². The number of nitrogens with zero attached hydrogens (tertiary/aromatic N) is 3. The second-order valence-electron chi connectivity index (χ2n) is 5.95. The molecule has 2 aromatic heterocycles. The molecule has 3 rings (SSSR count). The summed E-state index contributed by atoms with van der Waals surface area (Å²) in [7, 11) is 4.46. The standard InChI is InChI=1S/C20H18Cl2N4O4/c1-5-15(27)24-9-14-23-8-10-6-11(25-20(30-4)19(10)26-14)16-17(21)12(28-2)7-13(29-3)18(16)22/h5-8H,1,9H2,2-4H3,(H,24,27). The first-order chi connectivity index (χ1) is 14.4. The zero-order chi connectivity index (χ0) is 21.8. The Labute approximate surface area is 182 Å². The fourth-order valence-electron chi connectivity index (χ4n) is 2.75. The molecule has 10 heteroatoms. The van der Waals surface area contributed by atoms with Crippen molar-refractivity contribution in [1.29, 1.82) is 0 Å². The van der Waals surface area contributed by atoms with Crippen molar-refractivity contribution in [3.63, 3.8) is 0 Å². The van der Waals surface area contributed by atoms with Crippen molar-refractivity contribution in [3.05, 3.63) is 46.9 Å². The number of methoxy groups -OCH3 is 3. The Kier molecular flexibility index (Phi) is 6.59. The van der Waals surface area contributed by atoms with E-state index in [1.165, 1.54) is 27.4 Å². The van der Waals surface area contributed by atoms with Gasteiger partial charge < -0.3 is 19.5 Å². The lowest BCUT2D eigenvalue weighted by Gasteiger charge is -2.15. The van der Waals surface area contributed by atoms with E-state index in [-0.39, 0.29) is 28.4 Å². The first-order valence-corrected chi connectivity index (χ1v) is 9.40. The number of amides is 1. The summed E-state index contributed by atoms with van der Waals surface area (Å²) >= 11 is 13.0. The smallest absolute Gasteiger partial charge is 0.243 e. The third kappa shape index (κ3) is 4.10. The molecule has 1 amide bonds. The number of nitrogens with one attached hydrogen (secondary N) is 1. The van der Waals surface area contributed by atoms with Gasteiger partial charge in [-0.2, -0.15) is 0 Å². The SMILES string of the molecule is C=CC(=O)NCc1ncc2cc(-c3c(Cl)c(OC)cc(OC)c3Cl)nc(OC)c2n1. The predicted molar refractivity (Wildman–Crippen MR) is 114 cm³/mol. The van der Waals surface area contributed by atoms with Crippen LogP contribution in [0.4, 0.5) is 0 Å². The minimum absolute atomic E-state index is 0.135. The summed E-state index contributed by atoms with van der Waals surface area (Å²) in [5.41, 5.74) is 1.33. The van der Waals surface area contributed by atoms with Gasteiger partial charge in [0.1, 0.15) is 22.8 Å². The van der Waals surface area contributed by atoms with Crippen LogP contribution in [0, 0.1) is 0 Å². The predicted octanol–water partition coefficient (Wildman–Crippen LogP) is 3.83. The molecule has 0 spiro atoms. The lowest BCUT2D eigenvalue weighted by molar-refractivity contribution is -0.116. The molecule has 0 aliphatic carbocycles. The number of ether oxygens (including phenoxy) is 3. The van der Waals surface area contributed by atoms with Gasteiger partial charge in [0.25, 0.3) is 0 Å². The molecule has 2 heterocycles. The zero-order valence-corrected chi connectivity index (χ0v) is 18.0. The second-order valence-corrected chi connectivity index (χ2v) is 6.70. The van der Waals surface area contributed by atoms with Gasteiger partial charge >= 0.3 is 0 Å². The number of benzene rings is 1. The molecular formula is C20H18Cl2N4O4. The van der Waals surface area contributed by atoms with Crippen LogP contribution in [0.3, 0.4) is 0 Å². The largest absolute Gasteiger partial charge is 0.495 e. The Bertz CT molecular complexity index is 1110. The highest BCUT2D eigenvalue weighted by molar-refractivity contribution is 6.41. The fourth-order valence-corrected chi connectivity index (χ4v) is 3.45. The average molecular weight is 449 g/mol. The van der Waals surface area contributed by atoms with E-state index >= 15 is 0 Å². The van der Waals surface area contributed by atoms with Gasteiger partial charge in [0.2, 0.25) is 11.8 Å². The zero-order valence-electron chi connectivity index (χ0n) is 16.5. The quantitative estimate of drug-likeness (QED) is 0.548. The monoisotopic (exact) mass is 448 g/mol. The molecule has 1 N–H and O–H groups in total. The third-order valence-electron chi connectivity index (χ3n) is 4.21. The van der Waals surface area contributed by atoms with E-state index in [9.17, 15) is 4.79 Å². The van der Waals surface area contributed by atoms with Crippen LogP contribution in [0.5, 0.6) is 17.4 Å². The molecule has 0 atom stereocenters. The van der Waals surface area contributed by atoms with Gasteiger partial charge in [-0.05, 0) is 12.1 Å². The fraction of sp³-hybridized carbons (Fsp3) is 0.200. The van der Waals surface area contributed by atoms with E-state index in [2.05, 4.69) is 26.8 Å². The van der Waals surface area contributed by atoms with Crippen molar-refractivity contribution in [2.45, 2.75) is 6.54 Å². The van der Waals surface area contributed by atoms with Crippen molar-refractivity contribution >= 4 is 40.0 Å². The van der Waals surface area contributed by atoms with Crippen LogP contribution >= 0.6 is 23.2 Å². The highest BCUT2D eigenvalue weighted by Crippen LogP contribution is 2.46. The van der Waals surface area contributed by atoms with E-state index in [4.69, 9.17) is 37.4 Å². The first kappa shape index (κ1) is 21.6. The second kappa shape index (κ2) is 9.15. The summed E-state index contributed by atoms with van der Waals surface area (Å²) in [6, 6.07) is 3.33. The van der Waals surface area contributed by atoms with Gasteiger partial charge in [-0.25, -0.2) is 15.0 Å². The number of hydrogen-bond donors (Lipinski definition) is 1. The van der Waals surface area contributed by atoms with Gasteiger partial charge in [-0.3, -0.25) is 4.79 Å². The van der Waals surface area contributed by atoms with Crippen molar-refractivity contribution in [1.82, 2.24) is 20.3 Å². The molecule has 0 radical (unpaired) electrons. The summed E-state index contributed by atoms with van der Waals surface area (Å²) in [5.74, 6) is 1.09. The molecular weight excluding hydrogens is 431 g/mol. The molecule has 30 heavy (non-hydrogen) atoms. The van der Waals surface area contributed by atoms with Crippen LogP contribution in [-0.2, 0) is 11.3 Å². The number of pyridine rings is 1. The maximum absolute atomic E-state index is 11.4. The number of halogens is 2. The van der Waals surface area contributed by atoms with Crippen LogP contribution in [0.1, 0.15) is 5.82 Å². The highest BCUT2D eigenvalue weighted by atomic mass is 35.5. The number of rotatable bonds is 7. The van der Waals surface area contributed by atoms with E-state index in [0.29, 0.717) is 39.5 Å². The Morgan fingerprint density at radius 2 is 1.77 bits per heavy atom. The van der Waals surface area contributed by atoms with E-state index in [1.54, 1.807) is 18.3 Å². The Morgan fingerprint density at radius 1 is 1.10 bits per heavy atom. The van der Waals surface area contributed by atoms with Crippen molar-refractivity contribution in [2.24, 2.45) is 0 Å². The number of carbonyl (C=O) groups excluding carboxylic acids is 1. The third-order valence-corrected chi connectivity index (χ3v) is 4.96. The normalized spacial score (nSPS) is 10.6. The first-order valence-electron chi connectivity index (χ1n) is 8.64. The van der Waals surface area contributed by atoms with Crippen LogP contribution < -0.4 is 19.5 Å². The molecule has 3 aromatic rings. The van der Waals surface area contributed by atoms with Crippen molar-refractivity contribution in [3.8, 4) is 28.6 Å². The number of fused-ring (bicyclic) bond motifs is 1. The molecule has 0 aliphatic heterocycles. The van der Waals surface area contributed by atoms with Crippen LogP contribution in [0.25, 0.3) is 22.2 Å². The molecule has 0 saturated heterocycles. The van der Waals surface area contributed by atoms with Gasteiger partial charge in [0.05, 0.1) is 43.6 Å². The summed E-state index contributed by atoms with van der Waals surface area (Å²) in [4.78, 5) is 24.6. The lowest BCUT2D eigenvalue weighted by Crippen LogP contribution is -2.21. The highest BCUT2D eigenvalue weighted by Gasteiger charge is 2.21. The molecule has 1 aromatic carbocycles. The molecule has 0 aliphatic rings.